The summed E-state index contributed by atoms with van der Waals surface area (Å²) in [6.07, 6.45) is -0.973. The van der Waals surface area contributed by atoms with Crippen molar-refractivity contribution in [2.24, 2.45) is 0 Å². The van der Waals surface area contributed by atoms with Crippen LogP contribution in [0.3, 0.4) is 0 Å². The monoisotopic (exact) mass is 152 g/mol. The molecule has 0 aromatic heterocycles. The summed E-state index contributed by atoms with van der Waals surface area (Å²) in [5.74, 6) is -2.56. The van der Waals surface area contributed by atoms with Gasteiger partial charge in [-0.2, -0.15) is 0 Å². The van der Waals surface area contributed by atoms with Gasteiger partial charge in [0.15, 0.2) is 0 Å². The van der Waals surface area contributed by atoms with Crippen LogP contribution in [0, 0.1) is 0 Å². The minimum Gasteiger partial charge on any atom is -0.382 e. The molecule has 1 fully saturated rings. The SMILES string of the molecule is COCCOC1CC1(F)F. The molecule has 60 valence electrons. The van der Waals surface area contributed by atoms with Crippen molar-refractivity contribution in [3.63, 3.8) is 0 Å². The maximum absolute atomic E-state index is 12.1. The average molecular weight is 152 g/mol. The number of alkyl halides is 2. The molecule has 0 radical (unpaired) electrons. The first-order valence-electron chi connectivity index (χ1n) is 3.15. The molecule has 1 aliphatic rings. The van der Waals surface area contributed by atoms with E-state index in [0.717, 1.165) is 0 Å². The van der Waals surface area contributed by atoms with E-state index in [1.54, 1.807) is 0 Å². The molecule has 1 rings (SSSR count). The highest BCUT2D eigenvalue weighted by molar-refractivity contribution is 4.96. The van der Waals surface area contributed by atoms with Gasteiger partial charge in [-0.15, -0.1) is 0 Å². The molecule has 2 nitrogen and oxygen atoms in total. The molecular formula is C6H10F2O2. The Morgan fingerprint density at radius 3 is 2.50 bits per heavy atom. The van der Waals surface area contributed by atoms with E-state index in [9.17, 15) is 8.78 Å². The second kappa shape index (κ2) is 2.80. The van der Waals surface area contributed by atoms with Gasteiger partial charge in [-0.25, -0.2) is 8.78 Å². The van der Waals surface area contributed by atoms with Crippen LogP contribution in [0.4, 0.5) is 8.78 Å². The Hall–Kier alpha value is -0.220. The molecule has 0 aromatic carbocycles. The van der Waals surface area contributed by atoms with Crippen molar-refractivity contribution in [1.29, 1.82) is 0 Å². The van der Waals surface area contributed by atoms with Crippen molar-refractivity contribution in [1.82, 2.24) is 0 Å². The number of halogens is 2. The maximum atomic E-state index is 12.1. The normalized spacial score (nSPS) is 28.5. The minimum atomic E-state index is -2.56. The third-order valence-electron chi connectivity index (χ3n) is 1.37. The molecule has 0 bridgehead atoms. The number of ether oxygens (including phenoxy) is 2. The molecule has 1 atom stereocenters. The fourth-order valence-electron chi connectivity index (χ4n) is 0.643. The van der Waals surface area contributed by atoms with Crippen LogP contribution in [0.2, 0.25) is 0 Å². The zero-order valence-corrected chi connectivity index (χ0v) is 5.77. The van der Waals surface area contributed by atoms with Crippen LogP contribution in [-0.2, 0) is 9.47 Å². The Morgan fingerprint density at radius 2 is 2.10 bits per heavy atom. The smallest absolute Gasteiger partial charge is 0.276 e. The van der Waals surface area contributed by atoms with Crippen LogP contribution in [-0.4, -0.2) is 32.4 Å². The minimum absolute atomic E-state index is 0.128. The maximum Gasteiger partial charge on any atom is 0.276 e. The van der Waals surface area contributed by atoms with Crippen LogP contribution >= 0.6 is 0 Å². The van der Waals surface area contributed by atoms with Crippen LogP contribution in [0.15, 0.2) is 0 Å². The fraction of sp³-hybridized carbons (Fsp3) is 1.00. The summed E-state index contributed by atoms with van der Waals surface area (Å²) in [4.78, 5) is 0. The molecule has 0 saturated heterocycles. The van der Waals surface area contributed by atoms with Gasteiger partial charge in [0.05, 0.1) is 13.2 Å². The van der Waals surface area contributed by atoms with Gasteiger partial charge in [0, 0.05) is 13.5 Å². The standard InChI is InChI=1S/C6H10F2O2/c1-9-2-3-10-5-4-6(5,7)8/h5H,2-4H2,1H3. The van der Waals surface area contributed by atoms with Crippen molar-refractivity contribution in [3.8, 4) is 0 Å². The summed E-state index contributed by atoms with van der Waals surface area (Å²) in [6, 6.07) is 0. The second-order valence-corrected chi connectivity index (χ2v) is 2.32. The van der Waals surface area contributed by atoms with E-state index >= 15 is 0 Å². The summed E-state index contributed by atoms with van der Waals surface area (Å²) in [5.41, 5.74) is 0. The lowest BCUT2D eigenvalue weighted by Gasteiger charge is -2.00. The summed E-state index contributed by atoms with van der Waals surface area (Å²) in [7, 11) is 1.51. The highest BCUT2D eigenvalue weighted by Crippen LogP contribution is 2.44. The summed E-state index contributed by atoms with van der Waals surface area (Å²) in [5, 5.41) is 0. The van der Waals surface area contributed by atoms with Crippen molar-refractivity contribution in [2.45, 2.75) is 18.4 Å². The number of hydrogen-bond acceptors (Lipinski definition) is 2. The lowest BCUT2D eigenvalue weighted by Crippen LogP contribution is -2.08. The zero-order chi connectivity index (χ0) is 7.61. The first kappa shape index (κ1) is 7.88. The zero-order valence-electron chi connectivity index (χ0n) is 5.77. The van der Waals surface area contributed by atoms with Gasteiger partial charge in [0.25, 0.3) is 5.92 Å². The Balaban J connectivity index is 1.97. The molecule has 0 aromatic rings. The molecule has 0 spiro atoms. The molecule has 0 N–H and O–H groups in total. The highest BCUT2D eigenvalue weighted by Gasteiger charge is 2.58. The third-order valence-corrected chi connectivity index (χ3v) is 1.37. The van der Waals surface area contributed by atoms with E-state index in [4.69, 9.17) is 4.74 Å². The number of rotatable bonds is 4. The van der Waals surface area contributed by atoms with E-state index in [0.29, 0.717) is 6.61 Å². The molecule has 1 unspecified atom stereocenters. The third kappa shape index (κ3) is 1.88. The summed E-state index contributed by atoms with van der Waals surface area (Å²) in [6.45, 7) is 0.642. The molecular weight excluding hydrogens is 142 g/mol. The lowest BCUT2D eigenvalue weighted by atomic mass is 10.7. The van der Waals surface area contributed by atoms with Crippen LogP contribution in [0.5, 0.6) is 0 Å². The van der Waals surface area contributed by atoms with Crippen molar-refractivity contribution in [2.75, 3.05) is 20.3 Å². The van der Waals surface area contributed by atoms with Crippen LogP contribution < -0.4 is 0 Å². The molecule has 1 aliphatic carbocycles. The topological polar surface area (TPSA) is 18.5 Å². The number of methoxy groups -OCH3 is 1. The van der Waals surface area contributed by atoms with E-state index in [1.165, 1.54) is 7.11 Å². The Bertz CT molecular complexity index is 116. The average Bonchev–Trinajstić information content (AvgIpc) is 2.41. The first-order valence-corrected chi connectivity index (χ1v) is 3.15. The molecule has 1 saturated carbocycles. The predicted octanol–water partition coefficient (Wildman–Crippen LogP) is 1.06. The van der Waals surface area contributed by atoms with E-state index in [1.807, 2.05) is 0 Å². The molecule has 0 aliphatic heterocycles. The van der Waals surface area contributed by atoms with Crippen molar-refractivity contribution >= 4 is 0 Å². The Labute approximate surface area is 58.1 Å². The van der Waals surface area contributed by atoms with Gasteiger partial charge in [0.1, 0.15) is 6.10 Å². The van der Waals surface area contributed by atoms with Crippen molar-refractivity contribution in [3.05, 3.63) is 0 Å². The molecule has 10 heavy (non-hydrogen) atoms. The molecule has 0 heterocycles. The van der Waals surface area contributed by atoms with Gasteiger partial charge in [-0.05, 0) is 0 Å². The Kier molecular flexibility index (Phi) is 2.21. The quantitative estimate of drug-likeness (QED) is 0.561. The first-order chi connectivity index (χ1) is 4.67. The van der Waals surface area contributed by atoms with Gasteiger partial charge in [-0.3, -0.25) is 0 Å². The Morgan fingerprint density at radius 1 is 1.50 bits per heavy atom. The largest absolute Gasteiger partial charge is 0.382 e. The van der Waals surface area contributed by atoms with Crippen molar-refractivity contribution < 1.29 is 18.3 Å². The van der Waals surface area contributed by atoms with Crippen LogP contribution in [0.25, 0.3) is 0 Å². The van der Waals surface area contributed by atoms with Gasteiger partial charge < -0.3 is 9.47 Å². The van der Waals surface area contributed by atoms with E-state index < -0.39 is 12.0 Å². The van der Waals surface area contributed by atoms with E-state index in [2.05, 4.69) is 4.74 Å². The predicted molar refractivity (Wildman–Crippen MR) is 31.2 cm³/mol. The van der Waals surface area contributed by atoms with E-state index in [-0.39, 0.29) is 13.0 Å². The molecule has 0 amide bonds. The second-order valence-electron chi connectivity index (χ2n) is 2.32. The van der Waals surface area contributed by atoms with Crippen LogP contribution in [0.1, 0.15) is 6.42 Å². The molecule has 4 heteroatoms. The summed E-state index contributed by atoms with van der Waals surface area (Å²) >= 11 is 0. The fourth-order valence-corrected chi connectivity index (χ4v) is 0.643. The van der Waals surface area contributed by atoms with Gasteiger partial charge in [-0.1, -0.05) is 0 Å². The van der Waals surface area contributed by atoms with Gasteiger partial charge in [0.2, 0.25) is 0 Å². The number of hydrogen-bond donors (Lipinski definition) is 0. The highest BCUT2D eigenvalue weighted by atomic mass is 19.3. The lowest BCUT2D eigenvalue weighted by molar-refractivity contribution is -0.00443. The van der Waals surface area contributed by atoms with Gasteiger partial charge >= 0.3 is 0 Å². The summed E-state index contributed by atoms with van der Waals surface area (Å²) < 4.78 is 33.5.